The summed E-state index contributed by atoms with van der Waals surface area (Å²) in [5.74, 6) is -0.289. The number of hydrogen-bond donors (Lipinski definition) is 1. The lowest BCUT2D eigenvalue weighted by molar-refractivity contribution is 0.195. The smallest absolute Gasteiger partial charge is 0.317 e. The molecular weight excluding hydrogens is 303 g/mol. The molecular formula is C15H17FN4OS. The molecule has 7 heteroatoms. The highest BCUT2D eigenvalue weighted by atomic mass is 32.1. The van der Waals surface area contributed by atoms with Gasteiger partial charge in [0.25, 0.3) is 0 Å². The molecule has 1 aromatic heterocycles. The molecule has 1 N–H and O–H groups in total. The van der Waals surface area contributed by atoms with E-state index in [-0.39, 0.29) is 11.8 Å². The second-order valence-electron chi connectivity index (χ2n) is 5.03. The second kappa shape index (κ2) is 6.31. The molecule has 3 rings (SSSR count). The minimum Gasteiger partial charge on any atom is -0.345 e. The molecule has 0 aliphatic carbocycles. The van der Waals surface area contributed by atoms with Gasteiger partial charge < -0.3 is 15.1 Å². The average Bonchev–Trinajstić information content (AvgIpc) is 2.98. The zero-order valence-electron chi connectivity index (χ0n) is 12.1. The molecule has 116 valence electrons. The number of anilines is 1. The highest BCUT2D eigenvalue weighted by Gasteiger charge is 2.23. The number of amides is 2. The van der Waals surface area contributed by atoms with E-state index in [1.54, 1.807) is 17.0 Å². The van der Waals surface area contributed by atoms with Crippen molar-refractivity contribution in [2.24, 2.45) is 0 Å². The van der Waals surface area contributed by atoms with Crippen LogP contribution in [0.2, 0.25) is 0 Å². The number of aromatic nitrogens is 1. The Morgan fingerprint density at radius 3 is 2.86 bits per heavy atom. The number of nitrogens with one attached hydrogen (secondary N) is 1. The summed E-state index contributed by atoms with van der Waals surface area (Å²) in [6.07, 6.45) is 1.66. The van der Waals surface area contributed by atoms with Crippen molar-refractivity contribution in [2.45, 2.75) is 0 Å². The molecule has 1 aromatic carbocycles. The van der Waals surface area contributed by atoms with Crippen LogP contribution >= 0.6 is 11.3 Å². The minimum atomic E-state index is -0.289. The van der Waals surface area contributed by atoms with Gasteiger partial charge in [-0.25, -0.2) is 14.2 Å². The number of rotatable bonds is 3. The summed E-state index contributed by atoms with van der Waals surface area (Å²) in [5.41, 5.74) is 0.425. The van der Waals surface area contributed by atoms with E-state index in [9.17, 15) is 9.18 Å². The number of thiazole rings is 1. The SMILES string of the molecule is C=CCNC(=O)N1CCN(c2nc3c(F)cccc3s2)CC1. The van der Waals surface area contributed by atoms with Gasteiger partial charge >= 0.3 is 6.03 Å². The molecule has 22 heavy (non-hydrogen) atoms. The van der Waals surface area contributed by atoms with Crippen LogP contribution in [-0.4, -0.2) is 48.6 Å². The number of halogens is 1. The third kappa shape index (κ3) is 2.89. The lowest BCUT2D eigenvalue weighted by Gasteiger charge is -2.34. The van der Waals surface area contributed by atoms with Crippen LogP contribution in [0.5, 0.6) is 0 Å². The number of para-hydroxylation sites is 1. The maximum Gasteiger partial charge on any atom is 0.317 e. The molecule has 0 bridgehead atoms. The molecule has 2 aromatic rings. The molecule has 0 spiro atoms. The van der Waals surface area contributed by atoms with E-state index in [0.717, 1.165) is 9.83 Å². The van der Waals surface area contributed by atoms with E-state index >= 15 is 0 Å². The maximum atomic E-state index is 13.7. The molecule has 1 saturated heterocycles. The van der Waals surface area contributed by atoms with Gasteiger partial charge in [-0.1, -0.05) is 23.5 Å². The van der Waals surface area contributed by atoms with E-state index in [0.29, 0.717) is 38.2 Å². The van der Waals surface area contributed by atoms with Gasteiger partial charge in [-0.2, -0.15) is 0 Å². The van der Waals surface area contributed by atoms with Crippen molar-refractivity contribution in [2.75, 3.05) is 37.6 Å². The van der Waals surface area contributed by atoms with Gasteiger partial charge in [0.1, 0.15) is 11.3 Å². The van der Waals surface area contributed by atoms with E-state index in [4.69, 9.17) is 0 Å². The van der Waals surface area contributed by atoms with Gasteiger partial charge in [0, 0.05) is 32.7 Å². The van der Waals surface area contributed by atoms with Crippen LogP contribution in [0, 0.1) is 5.82 Å². The molecule has 1 aliphatic heterocycles. The first-order valence-corrected chi connectivity index (χ1v) is 7.94. The topological polar surface area (TPSA) is 48.5 Å². The Morgan fingerprint density at radius 1 is 1.41 bits per heavy atom. The van der Waals surface area contributed by atoms with Crippen LogP contribution in [0.15, 0.2) is 30.9 Å². The summed E-state index contributed by atoms with van der Waals surface area (Å²) in [4.78, 5) is 20.1. The summed E-state index contributed by atoms with van der Waals surface area (Å²) in [6.45, 7) is 6.69. The Hall–Kier alpha value is -2.15. The Bertz CT molecular complexity index is 694. The van der Waals surface area contributed by atoms with E-state index < -0.39 is 0 Å². The number of carbonyl (C=O) groups excluding carboxylic acids is 1. The predicted octanol–water partition coefficient (Wildman–Crippen LogP) is 2.45. The lowest BCUT2D eigenvalue weighted by atomic mass is 10.3. The number of carbonyl (C=O) groups is 1. The van der Waals surface area contributed by atoms with Crippen molar-refractivity contribution in [1.29, 1.82) is 0 Å². The number of urea groups is 1. The van der Waals surface area contributed by atoms with Gasteiger partial charge in [-0.15, -0.1) is 6.58 Å². The first kappa shape index (κ1) is 14.8. The standard InChI is InChI=1S/C15H17FN4OS/c1-2-6-17-14(21)19-7-9-20(10-8-19)15-18-13-11(16)4-3-5-12(13)22-15/h2-5H,1,6-10H2,(H,17,21). The van der Waals surface area contributed by atoms with Crippen LogP contribution in [0.1, 0.15) is 0 Å². The highest BCUT2D eigenvalue weighted by Crippen LogP contribution is 2.30. The molecule has 0 radical (unpaired) electrons. The largest absolute Gasteiger partial charge is 0.345 e. The monoisotopic (exact) mass is 320 g/mol. The van der Waals surface area contributed by atoms with Crippen molar-refractivity contribution in [3.8, 4) is 0 Å². The van der Waals surface area contributed by atoms with Crippen molar-refractivity contribution >= 4 is 32.7 Å². The Balaban J connectivity index is 1.66. The molecule has 1 fully saturated rings. The summed E-state index contributed by atoms with van der Waals surface area (Å²) in [5, 5.41) is 3.58. The second-order valence-corrected chi connectivity index (χ2v) is 6.04. The number of nitrogens with zero attached hydrogens (tertiary/aromatic N) is 3. The molecule has 2 heterocycles. The van der Waals surface area contributed by atoms with E-state index in [1.807, 2.05) is 6.07 Å². The zero-order valence-corrected chi connectivity index (χ0v) is 12.9. The van der Waals surface area contributed by atoms with Crippen molar-refractivity contribution in [1.82, 2.24) is 15.2 Å². The van der Waals surface area contributed by atoms with Crippen LogP contribution in [0.4, 0.5) is 14.3 Å². The van der Waals surface area contributed by atoms with Gasteiger partial charge in [-0.05, 0) is 12.1 Å². The molecule has 0 saturated carbocycles. The van der Waals surface area contributed by atoms with Gasteiger partial charge in [0.15, 0.2) is 5.13 Å². The van der Waals surface area contributed by atoms with Crippen LogP contribution in [0.3, 0.4) is 0 Å². The number of benzene rings is 1. The number of fused-ring (bicyclic) bond motifs is 1. The first-order chi connectivity index (χ1) is 10.7. The average molecular weight is 320 g/mol. The van der Waals surface area contributed by atoms with Crippen molar-refractivity contribution in [3.05, 3.63) is 36.7 Å². The minimum absolute atomic E-state index is 0.0742. The summed E-state index contributed by atoms with van der Waals surface area (Å²) < 4.78 is 14.6. The molecule has 1 aliphatic rings. The molecule has 5 nitrogen and oxygen atoms in total. The van der Waals surface area contributed by atoms with Crippen LogP contribution in [-0.2, 0) is 0 Å². The third-order valence-corrected chi connectivity index (χ3v) is 4.67. The number of hydrogen-bond acceptors (Lipinski definition) is 4. The fourth-order valence-corrected chi connectivity index (χ4v) is 3.44. The van der Waals surface area contributed by atoms with Crippen LogP contribution in [0.25, 0.3) is 10.2 Å². The van der Waals surface area contributed by atoms with Crippen molar-refractivity contribution in [3.63, 3.8) is 0 Å². The lowest BCUT2D eigenvalue weighted by Crippen LogP contribution is -2.51. The fraction of sp³-hybridized carbons (Fsp3) is 0.333. The Labute approximate surface area is 132 Å². The van der Waals surface area contributed by atoms with E-state index in [1.165, 1.54) is 17.4 Å². The third-order valence-electron chi connectivity index (χ3n) is 3.59. The maximum absolute atomic E-state index is 13.7. The molecule has 0 atom stereocenters. The number of piperazine rings is 1. The zero-order chi connectivity index (χ0) is 15.5. The highest BCUT2D eigenvalue weighted by molar-refractivity contribution is 7.22. The van der Waals surface area contributed by atoms with Crippen LogP contribution < -0.4 is 10.2 Å². The van der Waals surface area contributed by atoms with Gasteiger partial charge in [0.05, 0.1) is 4.70 Å². The van der Waals surface area contributed by atoms with E-state index in [2.05, 4.69) is 21.8 Å². The molecule has 2 amide bonds. The summed E-state index contributed by atoms with van der Waals surface area (Å²) >= 11 is 1.48. The summed E-state index contributed by atoms with van der Waals surface area (Å²) in [7, 11) is 0. The Morgan fingerprint density at radius 2 is 2.18 bits per heavy atom. The normalized spacial score (nSPS) is 15.1. The van der Waals surface area contributed by atoms with Crippen molar-refractivity contribution < 1.29 is 9.18 Å². The predicted molar refractivity (Wildman–Crippen MR) is 87.0 cm³/mol. The van der Waals surface area contributed by atoms with Gasteiger partial charge in [-0.3, -0.25) is 0 Å². The first-order valence-electron chi connectivity index (χ1n) is 7.12. The summed E-state index contributed by atoms with van der Waals surface area (Å²) in [6, 6.07) is 4.92. The Kier molecular flexibility index (Phi) is 4.24. The molecule has 0 unspecified atom stereocenters. The fourth-order valence-electron chi connectivity index (χ4n) is 2.41. The van der Waals surface area contributed by atoms with Gasteiger partial charge in [0.2, 0.25) is 0 Å². The quantitative estimate of drug-likeness (QED) is 0.884.